The molecule has 0 N–H and O–H groups in total. The van der Waals surface area contributed by atoms with Crippen LogP contribution in [0, 0.1) is 0 Å². The van der Waals surface area contributed by atoms with Crippen molar-refractivity contribution < 1.29 is 0 Å². The van der Waals surface area contributed by atoms with Crippen molar-refractivity contribution in [1.82, 2.24) is 25.2 Å². The molecule has 0 radical (unpaired) electrons. The van der Waals surface area contributed by atoms with Crippen LogP contribution in [0.2, 0.25) is 5.02 Å². The van der Waals surface area contributed by atoms with Crippen molar-refractivity contribution in [1.29, 1.82) is 0 Å². The number of hydrogen-bond donors (Lipinski definition) is 0. The molecule has 18 heavy (non-hydrogen) atoms. The van der Waals surface area contributed by atoms with Gasteiger partial charge in [0.1, 0.15) is 0 Å². The van der Waals surface area contributed by atoms with E-state index in [1.165, 1.54) is 4.80 Å². The first kappa shape index (κ1) is 10.9. The van der Waals surface area contributed by atoms with Gasteiger partial charge in [-0.2, -0.15) is 0 Å². The third-order valence-electron chi connectivity index (χ3n) is 2.41. The molecule has 0 amide bonds. The van der Waals surface area contributed by atoms with Gasteiger partial charge in [0.25, 0.3) is 0 Å². The van der Waals surface area contributed by atoms with Gasteiger partial charge < -0.3 is 0 Å². The second kappa shape index (κ2) is 4.54. The van der Waals surface area contributed by atoms with Gasteiger partial charge in [-0.3, -0.25) is 4.98 Å². The molecule has 3 aromatic rings. The minimum atomic E-state index is 0.562. The van der Waals surface area contributed by atoms with Gasteiger partial charge in [0.15, 0.2) is 0 Å². The third kappa shape index (κ3) is 2.08. The maximum absolute atomic E-state index is 5.83. The SMILES string of the molecule is Clc1ccc(-n2nnc(-c3ccncc3)n2)cc1. The van der Waals surface area contributed by atoms with E-state index >= 15 is 0 Å². The molecule has 2 heterocycles. The van der Waals surface area contributed by atoms with Gasteiger partial charge in [-0.05, 0) is 41.6 Å². The zero-order chi connectivity index (χ0) is 12.4. The first-order chi connectivity index (χ1) is 8.83. The highest BCUT2D eigenvalue weighted by Crippen LogP contribution is 2.14. The van der Waals surface area contributed by atoms with E-state index in [4.69, 9.17) is 11.6 Å². The van der Waals surface area contributed by atoms with E-state index < -0.39 is 0 Å². The van der Waals surface area contributed by atoms with E-state index in [0.29, 0.717) is 10.8 Å². The lowest BCUT2D eigenvalue weighted by Gasteiger charge is -1.97. The number of nitrogens with zero attached hydrogens (tertiary/aromatic N) is 5. The van der Waals surface area contributed by atoms with Crippen molar-refractivity contribution in [3.05, 3.63) is 53.8 Å². The molecule has 0 fully saturated rings. The number of benzene rings is 1. The Balaban J connectivity index is 1.97. The monoisotopic (exact) mass is 257 g/mol. The molecule has 5 nitrogen and oxygen atoms in total. The summed E-state index contributed by atoms with van der Waals surface area (Å²) in [7, 11) is 0. The summed E-state index contributed by atoms with van der Waals surface area (Å²) in [6.07, 6.45) is 3.39. The molecule has 0 unspecified atom stereocenters. The Hall–Kier alpha value is -2.27. The highest BCUT2D eigenvalue weighted by Gasteiger charge is 2.06. The van der Waals surface area contributed by atoms with Gasteiger partial charge in [-0.15, -0.1) is 15.0 Å². The average Bonchev–Trinajstić information content (AvgIpc) is 2.90. The van der Waals surface area contributed by atoms with E-state index in [0.717, 1.165) is 11.3 Å². The largest absolute Gasteiger partial charge is 0.265 e. The normalized spacial score (nSPS) is 10.5. The van der Waals surface area contributed by atoms with Crippen molar-refractivity contribution in [2.24, 2.45) is 0 Å². The van der Waals surface area contributed by atoms with Crippen LogP contribution in [0.3, 0.4) is 0 Å². The minimum absolute atomic E-state index is 0.562. The number of aromatic nitrogens is 5. The van der Waals surface area contributed by atoms with E-state index in [9.17, 15) is 0 Å². The second-order valence-corrected chi connectivity index (χ2v) is 4.05. The average molecular weight is 258 g/mol. The molecule has 3 rings (SSSR count). The van der Waals surface area contributed by atoms with Crippen LogP contribution >= 0.6 is 11.6 Å². The summed E-state index contributed by atoms with van der Waals surface area (Å²) >= 11 is 5.83. The molecule has 0 atom stereocenters. The Morgan fingerprint density at radius 1 is 0.944 bits per heavy atom. The molecule has 0 aliphatic carbocycles. The first-order valence-corrected chi connectivity index (χ1v) is 5.67. The molecule has 6 heteroatoms. The Morgan fingerprint density at radius 3 is 2.39 bits per heavy atom. The fraction of sp³-hybridized carbons (Fsp3) is 0. The quantitative estimate of drug-likeness (QED) is 0.707. The summed E-state index contributed by atoms with van der Waals surface area (Å²) in [6.45, 7) is 0. The molecule has 0 aliphatic heterocycles. The van der Waals surface area contributed by atoms with E-state index in [-0.39, 0.29) is 0 Å². The maximum Gasteiger partial charge on any atom is 0.205 e. The molecular weight excluding hydrogens is 250 g/mol. The van der Waals surface area contributed by atoms with E-state index in [2.05, 4.69) is 20.4 Å². The van der Waals surface area contributed by atoms with Crippen molar-refractivity contribution in [2.75, 3.05) is 0 Å². The molecule has 0 spiro atoms. The highest BCUT2D eigenvalue weighted by atomic mass is 35.5. The fourth-order valence-corrected chi connectivity index (χ4v) is 1.64. The Morgan fingerprint density at radius 2 is 1.67 bits per heavy atom. The predicted octanol–water partition coefficient (Wildman–Crippen LogP) is 2.38. The summed E-state index contributed by atoms with van der Waals surface area (Å²) in [5.41, 5.74) is 1.69. The lowest BCUT2D eigenvalue weighted by Crippen LogP contribution is -1.98. The standard InChI is InChI=1S/C12H8ClN5/c13-10-1-3-11(4-2-10)18-16-12(15-17-18)9-5-7-14-8-6-9/h1-8H. The second-order valence-electron chi connectivity index (χ2n) is 3.61. The van der Waals surface area contributed by atoms with Gasteiger partial charge in [0.05, 0.1) is 5.69 Å². The Kier molecular flexibility index (Phi) is 2.74. The van der Waals surface area contributed by atoms with Crippen LogP contribution in [0.4, 0.5) is 0 Å². The highest BCUT2D eigenvalue weighted by molar-refractivity contribution is 6.30. The van der Waals surface area contributed by atoms with Crippen LogP contribution in [0.5, 0.6) is 0 Å². The molecule has 0 bridgehead atoms. The summed E-state index contributed by atoms with van der Waals surface area (Å²) in [5.74, 6) is 0.562. The molecular formula is C12H8ClN5. The number of halogens is 1. The molecule has 0 aliphatic rings. The Bertz CT molecular complexity index is 648. The Labute approximate surface area is 108 Å². The third-order valence-corrected chi connectivity index (χ3v) is 2.66. The van der Waals surface area contributed by atoms with E-state index in [1.54, 1.807) is 24.5 Å². The lowest BCUT2D eigenvalue weighted by atomic mass is 10.3. The van der Waals surface area contributed by atoms with Gasteiger partial charge in [-0.25, -0.2) is 0 Å². The maximum atomic E-state index is 5.83. The molecule has 0 saturated carbocycles. The van der Waals surface area contributed by atoms with Crippen molar-refractivity contribution >= 4 is 11.6 Å². The molecule has 0 saturated heterocycles. The molecule has 88 valence electrons. The van der Waals surface area contributed by atoms with Crippen LogP contribution in [-0.2, 0) is 0 Å². The van der Waals surface area contributed by atoms with Crippen LogP contribution in [0.15, 0.2) is 48.8 Å². The summed E-state index contributed by atoms with van der Waals surface area (Å²) in [4.78, 5) is 5.41. The van der Waals surface area contributed by atoms with Gasteiger partial charge in [0.2, 0.25) is 5.82 Å². The van der Waals surface area contributed by atoms with Crippen LogP contribution in [-0.4, -0.2) is 25.2 Å². The first-order valence-electron chi connectivity index (χ1n) is 5.29. The van der Waals surface area contributed by atoms with Crippen LogP contribution < -0.4 is 0 Å². The predicted molar refractivity (Wildman–Crippen MR) is 67.4 cm³/mol. The fourth-order valence-electron chi connectivity index (χ4n) is 1.51. The topological polar surface area (TPSA) is 56.5 Å². The van der Waals surface area contributed by atoms with Gasteiger partial charge in [0, 0.05) is 23.0 Å². The zero-order valence-electron chi connectivity index (χ0n) is 9.23. The van der Waals surface area contributed by atoms with Crippen LogP contribution in [0.25, 0.3) is 17.1 Å². The number of tetrazole rings is 1. The summed E-state index contributed by atoms with van der Waals surface area (Å²) in [6, 6.07) is 10.9. The van der Waals surface area contributed by atoms with Crippen molar-refractivity contribution in [2.45, 2.75) is 0 Å². The zero-order valence-corrected chi connectivity index (χ0v) is 9.99. The number of pyridine rings is 1. The summed E-state index contributed by atoms with van der Waals surface area (Å²) < 4.78 is 0. The van der Waals surface area contributed by atoms with Gasteiger partial charge in [-0.1, -0.05) is 11.6 Å². The number of rotatable bonds is 2. The lowest BCUT2D eigenvalue weighted by molar-refractivity contribution is 0.720. The van der Waals surface area contributed by atoms with E-state index in [1.807, 2.05) is 24.3 Å². The van der Waals surface area contributed by atoms with Gasteiger partial charge >= 0.3 is 0 Å². The minimum Gasteiger partial charge on any atom is -0.265 e. The van der Waals surface area contributed by atoms with Crippen molar-refractivity contribution in [3.8, 4) is 17.1 Å². The van der Waals surface area contributed by atoms with Crippen molar-refractivity contribution in [3.63, 3.8) is 0 Å². The smallest absolute Gasteiger partial charge is 0.205 e. The number of hydrogen-bond acceptors (Lipinski definition) is 4. The molecule has 1 aromatic carbocycles. The van der Waals surface area contributed by atoms with Crippen LogP contribution in [0.1, 0.15) is 0 Å². The molecule has 2 aromatic heterocycles. The summed E-state index contributed by atoms with van der Waals surface area (Å²) in [5, 5.41) is 13.0.